The van der Waals surface area contributed by atoms with Crippen LogP contribution in [0.15, 0.2) is 6.07 Å². The van der Waals surface area contributed by atoms with E-state index in [4.69, 9.17) is 5.11 Å². The monoisotopic (exact) mass is 223 g/mol. The lowest BCUT2D eigenvalue weighted by molar-refractivity contribution is 0.202. The van der Waals surface area contributed by atoms with Crippen molar-refractivity contribution in [2.45, 2.75) is 51.8 Å². The molecule has 0 saturated carbocycles. The largest absolute Gasteiger partial charge is 0.390 e. The fraction of sp³-hybridized carbons (Fsp3) is 0.750. The van der Waals surface area contributed by atoms with Crippen LogP contribution < -0.4 is 0 Å². The van der Waals surface area contributed by atoms with Crippen LogP contribution in [-0.4, -0.2) is 38.8 Å². The van der Waals surface area contributed by atoms with E-state index in [1.54, 1.807) is 0 Å². The molecule has 1 aliphatic heterocycles. The molecule has 2 N–H and O–H groups in total. The van der Waals surface area contributed by atoms with Crippen LogP contribution in [0.2, 0.25) is 0 Å². The quantitative estimate of drug-likeness (QED) is 0.809. The Balaban J connectivity index is 1.98. The SMILES string of the molecule is CC(C)N1CCCC1Cc1cc(CO)[nH]n1. The molecular weight excluding hydrogens is 202 g/mol. The first-order valence-electron chi connectivity index (χ1n) is 6.10. The molecule has 0 spiro atoms. The fourth-order valence-corrected chi connectivity index (χ4v) is 2.59. The number of rotatable bonds is 4. The number of aliphatic hydroxyl groups excluding tert-OH is 1. The van der Waals surface area contributed by atoms with Crippen LogP contribution >= 0.6 is 0 Å². The number of hydrogen-bond donors (Lipinski definition) is 2. The number of nitrogens with zero attached hydrogens (tertiary/aromatic N) is 2. The van der Waals surface area contributed by atoms with Gasteiger partial charge >= 0.3 is 0 Å². The van der Waals surface area contributed by atoms with Gasteiger partial charge < -0.3 is 5.11 Å². The van der Waals surface area contributed by atoms with Crippen LogP contribution in [0.1, 0.15) is 38.1 Å². The molecule has 0 radical (unpaired) electrons. The van der Waals surface area contributed by atoms with Gasteiger partial charge in [-0.2, -0.15) is 5.10 Å². The summed E-state index contributed by atoms with van der Waals surface area (Å²) in [6.45, 7) is 5.76. The van der Waals surface area contributed by atoms with Crippen molar-refractivity contribution in [1.29, 1.82) is 0 Å². The molecule has 0 amide bonds. The Kier molecular flexibility index (Phi) is 3.61. The molecule has 90 valence electrons. The van der Waals surface area contributed by atoms with E-state index in [0.29, 0.717) is 12.1 Å². The van der Waals surface area contributed by atoms with Crippen molar-refractivity contribution in [3.05, 3.63) is 17.5 Å². The number of aromatic amines is 1. The number of likely N-dealkylation sites (tertiary alicyclic amines) is 1. The minimum Gasteiger partial charge on any atom is -0.390 e. The smallest absolute Gasteiger partial charge is 0.0847 e. The zero-order valence-electron chi connectivity index (χ0n) is 10.1. The van der Waals surface area contributed by atoms with Crippen molar-refractivity contribution in [2.24, 2.45) is 0 Å². The second kappa shape index (κ2) is 4.97. The summed E-state index contributed by atoms with van der Waals surface area (Å²) in [5.74, 6) is 0. The molecule has 16 heavy (non-hydrogen) atoms. The Bertz CT molecular complexity index is 335. The predicted octanol–water partition coefficient (Wildman–Crippen LogP) is 1.32. The van der Waals surface area contributed by atoms with E-state index in [0.717, 1.165) is 17.8 Å². The lowest BCUT2D eigenvalue weighted by Crippen LogP contribution is -2.36. The van der Waals surface area contributed by atoms with Crippen molar-refractivity contribution in [1.82, 2.24) is 15.1 Å². The van der Waals surface area contributed by atoms with Gasteiger partial charge in [-0.15, -0.1) is 0 Å². The molecule has 1 atom stereocenters. The van der Waals surface area contributed by atoms with E-state index >= 15 is 0 Å². The highest BCUT2D eigenvalue weighted by Gasteiger charge is 2.27. The molecule has 1 aromatic heterocycles. The Hall–Kier alpha value is -0.870. The van der Waals surface area contributed by atoms with Gasteiger partial charge in [-0.05, 0) is 39.3 Å². The summed E-state index contributed by atoms with van der Waals surface area (Å²) in [6.07, 6.45) is 3.55. The molecule has 1 fully saturated rings. The van der Waals surface area contributed by atoms with Crippen LogP contribution in [-0.2, 0) is 13.0 Å². The van der Waals surface area contributed by atoms with Gasteiger partial charge in [0.1, 0.15) is 0 Å². The standard InChI is InChI=1S/C12H21N3O/c1-9(2)15-5-3-4-12(15)7-10-6-11(8-16)14-13-10/h6,9,12,16H,3-5,7-8H2,1-2H3,(H,13,14). The summed E-state index contributed by atoms with van der Waals surface area (Å²) < 4.78 is 0. The lowest BCUT2D eigenvalue weighted by Gasteiger charge is -2.27. The predicted molar refractivity (Wildman–Crippen MR) is 63.1 cm³/mol. The summed E-state index contributed by atoms with van der Waals surface area (Å²) in [5, 5.41) is 16.1. The van der Waals surface area contributed by atoms with Crippen molar-refractivity contribution in [3.63, 3.8) is 0 Å². The average molecular weight is 223 g/mol. The average Bonchev–Trinajstić information content (AvgIpc) is 2.87. The summed E-state index contributed by atoms with van der Waals surface area (Å²) >= 11 is 0. The van der Waals surface area contributed by atoms with E-state index in [1.165, 1.54) is 19.4 Å². The van der Waals surface area contributed by atoms with Crippen LogP contribution in [0.25, 0.3) is 0 Å². The third-order valence-corrected chi connectivity index (χ3v) is 3.39. The van der Waals surface area contributed by atoms with Gasteiger partial charge in [-0.3, -0.25) is 10.00 Å². The maximum atomic E-state index is 8.97. The van der Waals surface area contributed by atoms with E-state index in [9.17, 15) is 0 Å². The highest BCUT2D eigenvalue weighted by Crippen LogP contribution is 2.22. The molecule has 1 saturated heterocycles. The maximum Gasteiger partial charge on any atom is 0.0847 e. The highest BCUT2D eigenvalue weighted by atomic mass is 16.3. The van der Waals surface area contributed by atoms with Crippen LogP contribution in [0.5, 0.6) is 0 Å². The first kappa shape index (κ1) is 11.6. The van der Waals surface area contributed by atoms with Crippen LogP contribution in [0.3, 0.4) is 0 Å². The Morgan fingerprint density at radius 2 is 2.44 bits per heavy atom. The van der Waals surface area contributed by atoms with Gasteiger partial charge in [0, 0.05) is 18.5 Å². The number of aromatic nitrogens is 2. The molecule has 2 rings (SSSR count). The minimum atomic E-state index is 0.0472. The molecular formula is C12H21N3O. The Morgan fingerprint density at radius 1 is 1.62 bits per heavy atom. The topological polar surface area (TPSA) is 52.1 Å². The second-order valence-electron chi connectivity index (χ2n) is 4.87. The molecule has 0 bridgehead atoms. The minimum absolute atomic E-state index is 0.0472. The van der Waals surface area contributed by atoms with E-state index in [1.807, 2.05) is 6.07 Å². The maximum absolute atomic E-state index is 8.97. The molecule has 0 aliphatic carbocycles. The van der Waals surface area contributed by atoms with Crippen molar-refractivity contribution >= 4 is 0 Å². The molecule has 0 aromatic carbocycles. The second-order valence-corrected chi connectivity index (χ2v) is 4.87. The van der Waals surface area contributed by atoms with Gasteiger partial charge in [-0.1, -0.05) is 0 Å². The number of nitrogens with one attached hydrogen (secondary N) is 1. The zero-order chi connectivity index (χ0) is 11.5. The Labute approximate surface area is 96.7 Å². The van der Waals surface area contributed by atoms with Gasteiger partial charge in [0.05, 0.1) is 18.0 Å². The normalized spacial score (nSPS) is 22.1. The van der Waals surface area contributed by atoms with Crippen molar-refractivity contribution in [3.8, 4) is 0 Å². The first-order valence-corrected chi connectivity index (χ1v) is 6.10. The molecule has 1 aliphatic rings. The van der Waals surface area contributed by atoms with Crippen LogP contribution in [0.4, 0.5) is 0 Å². The molecule has 1 unspecified atom stereocenters. The molecule has 2 heterocycles. The zero-order valence-corrected chi connectivity index (χ0v) is 10.1. The van der Waals surface area contributed by atoms with Gasteiger partial charge in [0.15, 0.2) is 0 Å². The molecule has 1 aromatic rings. The molecule has 4 nitrogen and oxygen atoms in total. The summed E-state index contributed by atoms with van der Waals surface area (Å²) in [4.78, 5) is 2.55. The van der Waals surface area contributed by atoms with Crippen molar-refractivity contribution in [2.75, 3.05) is 6.54 Å². The number of aliphatic hydroxyl groups is 1. The first-order chi connectivity index (χ1) is 7.70. The Morgan fingerprint density at radius 3 is 3.06 bits per heavy atom. The fourth-order valence-electron chi connectivity index (χ4n) is 2.59. The third-order valence-electron chi connectivity index (χ3n) is 3.39. The summed E-state index contributed by atoms with van der Waals surface area (Å²) in [6, 6.07) is 3.20. The van der Waals surface area contributed by atoms with Crippen LogP contribution in [0, 0.1) is 0 Å². The number of hydrogen-bond acceptors (Lipinski definition) is 3. The summed E-state index contributed by atoms with van der Waals surface area (Å²) in [7, 11) is 0. The van der Waals surface area contributed by atoms with Gasteiger partial charge in [0.2, 0.25) is 0 Å². The van der Waals surface area contributed by atoms with E-state index < -0.39 is 0 Å². The molecule has 4 heteroatoms. The number of H-pyrrole nitrogens is 1. The van der Waals surface area contributed by atoms with E-state index in [-0.39, 0.29) is 6.61 Å². The van der Waals surface area contributed by atoms with Gasteiger partial charge in [-0.25, -0.2) is 0 Å². The third kappa shape index (κ3) is 2.44. The van der Waals surface area contributed by atoms with E-state index in [2.05, 4.69) is 28.9 Å². The summed E-state index contributed by atoms with van der Waals surface area (Å²) in [5.41, 5.74) is 1.88. The highest BCUT2D eigenvalue weighted by molar-refractivity contribution is 5.09. The van der Waals surface area contributed by atoms with Crippen molar-refractivity contribution < 1.29 is 5.11 Å². The van der Waals surface area contributed by atoms with Gasteiger partial charge in [0.25, 0.3) is 0 Å². The lowest BCUT2D eigenvalue weighted by atomic mass is 10.1.